The van der Waals surface area contributed by atoms with Crippen LogP contribution in [0.15, 0.2) is 53.7 Å². The highest BCUT2D eigenvalue weighted by Crippen LogP contribution is 2.18. The number of hydrogen-bond acceptors (Lipinski definition) is 6. The van der Waals surface area contributed by atoms with Crippen molar-refractivity contribution in [3.8, 4) is 5.75 Å². The Kier molecular flexibility index (Phi) is 6.54. The number of rotatable bonds is 6. The second kappa shape index (κ2) is 8.84. The summed E-state index contributed by atoms with van der Waals surface area (Å²) in [6.07, 6.45) is 0.170. The molecule has 0 aromatic heterocycles. The maximum absolute atomic E-state index is 12.2. The molecule has 0 atom stereocenters. The number of hydrogen-bond donors (Lipinski definition) is 0. The van der Waals surface area contributed by atoms with E-state index in [-0.39, 0.29) is 12.1 Å². The Labute approximate surface area is 149 Å². The van der Waals surface area contributed by atoms with Crippen LogP contribution in [0.1, 0.15) is 15.9 Å². The van der Waals surface area contributed by atoms with Crippen LogP contribution >= 0.6 is 11.6 Å². The van der Waals surface area contributed by atoms with Crippen LogP contribution in [0.2, 0.25) is 5.02 Å². The van der Waals surface area contributed by atoms with E-state index in [4.69, 9.17) is 16.3 Å². The molecular weight excluding hydrogens is 346 g/mol. The summed E-state index contributed by atoms with van der Waals surface area (Å²) in [6.45, 7) is 0. The third-order valence-electron chi connectivity index (χ3n) is 3.16. The fourth-order valence-corrected chi connectivity index (χ4v) is 2.25. The molecule has 0 unspecified atom stereocenters. The molecule has 130 valence electrons. The molecular formula is C18H16ClNO5. The highest BCUT2D eigenvalue weighted by atomic mass is 35.5. The summed E-state index contributed by atoms with van der Waals surface area (Å²) in [5.74, 6) is -0.786. The van der Waals surface area contributed by atoms with Crippen LogP contribution in [0.4, 0.5) is 0 Å². The Hall–Kier alpha value is -2.86. The molecule has 0 bridgehead atoms. The van der Waals surface area contributed by atoms with E-state index in [9.17, 15) is 9.59 Å². The zero-order valence-electron chi connectivity index (χ0n) is 13.7. The van der Waals surface area contributed by atoms with Crippen molar-refractivity contribution in [1.29, 1.82) is 0 Å². The number of esters is 2. The molecule has 0 spiro atoms. The van der Waals surface area contributed by atoms with Crippen LogP contribution in [0.3, 0.4) is 0 Å². The van der Waals surface area contributed by atoms with Crippen LogP contribution in [0.5, 0.6) is 5.75 Å². The zero-order valence-corrected chi connectivity index (χ0v) is 14.4. The summed E-state index contributed by atoms with van der Waals surface area (Å²) in [7, 11) is 2.60. The van der Waals surface area contributed by atoms with Crippen molar-refractivity contribution >= 4 is 29.3 Å². The number of nitrogens with zero attached hydrogens (tertiary/aromatic N) is 1. The number of ether oxygens (including phenoxy) is 2. The van der Waals surface area contributed by atoms with Gasteiger partial charge in [-0.05, 0) is 35.9 Å². The first kappa shape index (κ1) is 18.5. The van der Waals surface area contributed by atoms with Crippen LogP contribution in [0.25, 0.3) is 0 Å². The normalized spacial score (nSPS) is 10.9. The lowest BCUT2D eigenvalue weighted by Gasteiger charge is -2.08. The lowest BCUT2D eigenvalue weighted by Crippen LogP contribution is -2.19. The second-order valence-electron chi connectivity index (χ2n) is 4.94. The van der Waals surface area contributed by atoms with Gasteiger partial charge < -0.3 is 14.3 Å². The van der Waals surface area contributed by atoms with Gasteiger partial charge in [-0.15, -0.1) is 0 Å². The van der Waals surface area contributed by atoms with E-state index in [0.717, 1.165) is 0 Å². The maximum Gasteiger partial charge on any atom is 0.356 e. The highest BCUT2D eigenvalue weighted by Gasteiger charge is 2.15. The fraction of sp³-hybridized carbons (Fsp3) is 0.167. The Bertz CT molecular complexity index is 804. The lowest BCUT2D eigenvalue weighted by molar-refractivity contribution is -0.133. The first-order valence-electron chi connectivity index (χ1n) is 7.28. The summed E-state index contributed by atoms with van der Waals surface area (Å²) in [5.41, 5.74) is 1.15. The van der Waals surface area contributed by atoms with Crippen molar-refractivity contribution in [3.05, 3.63) is 64.7 Å². The molecule has 6 nitrogen and oxygen atoms in total. The van der Waals surface area contributed by atoms with Crippen LogP contribution in [-0.2, 0) is 20.8 Å². The van der Waals surface area contributed by atoms with Gasteiger partial charge >= 0.3 is 11.9 Å². The summed E-state index contributed by atoms with van der Waals surface area (Å²) in [5, 5.41) is 4.10. The predicted octanol–water partition coefficient (Wildman–Crippen LogP) is 3.28. The number of methoxy groups -OCH3 is 1. The van der Waals surface area contributed by atoms with E-state index >= 15 is 0 Å². The molecule has 0 heterocycles. The third kappa shape index (κ3) is 5.32. The molecule has 0 saturated heterocycles. The van der Waals surface area contributed by atoms with E-state index in [1.54, 1.807) is 42.5 Å². The second-order valence-corrected chi connectivity index (χ2v) is 5.37. The van der Waals surface area contributed by atoms with Crippen molar-refractivity contribution in [3.63, 3.8) is 0 Å². The van der Waals surface area contributed by atoms with E-state index in [0.29, 0.717) is 21.9 Å². The van der Waals surface area contributed by atoms with Gasteiger partial charge in [0.2, 0.25) is 0 Å². The zero-order chi connectivity index (χ0) is 18.2. The molecule has 0 amide bonds. The van der Waals surface area contributed by atoms with E-state index < -0.39 is 11.9 Å². The van der Waals surface area contributed by atoms with Crippen LogP contribution in [-0.4, -0.2) is 31.9 Å². The van der Waals surface area contributed by atoms with Gasteiger partial charge in [0, 0.05) is 11.4 Å². The minimum Gasteiger partial charge on any atom is -0.464 e. The summed E-state index contributed by atoms with van der Waals surface area (Å²) in [6, 6.07) is 13.2. The number of carbonyl (C=O) groups excluding carboxylic acids is 2. The topological polar surface area (TPSA) is 74.2 Å². The quantitative estimate of drug-likeness (QED) is 0.341. The molecule has 7 heteroatoms. The van der Waals surface area contributed by atoms with Gasteiger partial charge in [-0.1, -0.05) is 35.0 Å². The minimum atomic E-state index is -0.594. The Morgan fingerprint density at radius 1 is 1.08 bits per heavy atom. The summed E-state index contributed by atoms with van der Waals surface area (Å²) in [4.78, 5) is 28.5. The maximum atomic E-state index is 12.2. The molecule has 0 aliphatic heterocycles. The van der Waals surface area contributed by atoms with E-state index in [2.05, 4.69) is 14.7 Å². The van der Waals surface area contributed by atoms with Crippen LogP contribution < -0.4 is 4.74 Å². The number of halogens is 1. The van der Waals surface area contributed by atoms with Crippen molar-refractivity contribution in [1.82, 2.24) is 0 Å². The molecule has 0 saturated carbocycles. The number of oxime groups is 1. The van der Waals surface area contributed by atoms with Gasteiger partial charge in [-0.3, -0.25) is 0 Å². The first-order valence-corrected chi connectivity index (χ1v) is 7.66. The van der Waals surface area contributed by atoms with Gasteiger partial charge in [-0.25, -0.2) is 9.59 Å². The SMILES string of the molecule is CON=C(Cc1cccc(OC(=O)c2cccc(Cl)c2)c1)C(=O)OC. The molecule has 0 radical (unpaired) electrons. The average molecular weight is 362 g/mol. The average Bonchev–Trinajstić information content (AvgIpc) is 2.61. The summed E-state index contributed by atoms with van der Waals surface area (Å²) >= 11 is 5.87. The molecule has 25 heavy (non-hydrogen) atoms. The third-order valence-corrected chi connectivity index (χ3v) is 3.40. The van der Waals surface area contributed by atoms with Crippen molar-refractivity contribution in [2.75, 3.05) is 14.2 Å². The van der Waals surface area contributed by atoms with Crippen molar-refractivity contribution < 1.29 is 23.9 Å². The smallest absolute Gasteiger partial charge is 0.356 e. The van der Waals surface area contributed by atoms with Crippen LogP contribution in [0, 0.1) is 0 Å². The highest BCUT2D eigenvalue weighted by molar-refractivity contribution is 6.36. The van der Waals surface area contributed by atoms with Gasteiger partial charge in [0.1, 0.15) is 12.9 Å². The Balaban J connectivity index is 2.14. The van der Waals surface area contributed by atoms with E-state index in [1.165, 1.54) is 20.3 Å². The Morgan fingerprint density at radius 3 is 2.52 bits per heavy atom. The molecule has 2 aromatic rings. The monoisotopic (exact) mass is 361 g/mol. The fourth-order valence-electron chi connectivity index (χ4n) is 2.06. The van der Waals surface area contributed by atoms with Gasteiger partial charge in [0.25, 0.3) is 0 Å². The molecule has 0 N–H and O–H groups in total. The first-order chi connectivity index (χ1) is 12.0. The Morgan fingerprint density at radius 2 is 1.84 bits per heavy atom. The standard InChI is InChI=1S/C18H16ClNO5/c1-23-18(22)16(20-24-2)10-12-5-3-8-15(9-12)25-17(21)13-6-4-7-14(19)11-13/h3-9,11H,10H2,1-2H3. The van der Waals surface area contributed by atoms with Crippen molar-refractivity contribution in [2.45, 2.75) is 6.42 Å². The largest absolute Gasteiger partial charge is 0.464 e. The molecule has 2 rings (SSSR count). The number of benzene rings is 2. The van der Waals surface area contributed by atoms with Crippen molar-refractivity contribution in [2.24, 2.45) is 5.16 Å². The molecule has 0 aliphatic rings. The lowest BCUT2D eigenvalue weighted by atomic mass is 10.1. The van der Waals surface area contributed by atoms with E-state index in [1.807, 2.05) is 0 Å². The number of carbonyl (C=O) groups is 2. The van der Waals surface area contributed by atoms with Gasteiger partial charge in [0.15, 0.2) is 5.71 Å². The minimum absolute atomic E-state index is 0.100. The molecule has 0 fully saturated rings. The predicted molar refractivity (Wildman–Crippen MR) is 93.0 cm³/mol. The van der Waals surface area contributed by atoms with Gasteiger partial charge in [0.05, 0.1) is 12.7 Å². The molecule has 0 aliphatic carbocycles. The summed E-state index contributed by atoms with van der Waals surface area (Å²) < 4.78 is 9.99. The molecule has 2 aromatic carbocycles. The van der Waals surface area contributed by atoms with Gasteiger partial charge in [-0.2, -0.15) is 0 Å².